The number of ether oxygens (including phenoxy) is 1. The molecule has 3 nitrogen and oxygen atoms in total. The highest BCUT2D eigenvalue weighted by Gasteiger charge is 2.25. The molecule has 0 bridgehead atoms. The van der Waals surface area contributed by atoms with E-state index >= 15 is 0 Å². The quantitative estimate of drug-likeness (QED) is 0.726. The number of rotatable bonds is 1. The van der Waals surface area contributed by atoms with Crippen molar-refractivity contribution in [3.8, 4) is 0 Å². The fourth-order valence-corrected chi connectivity index (χ4v) is 2.93. The molecule has 1 saturated heterocycles. The molecule has 0 saturated carbocycles. The lowest BCUT2D eigenvalue weighted by Crippen LogP contribution is -2.23. The molecule has 3 rings (SSSR count). The molecule has 0 N–H and O–H groups in total. The van der Waals surface area contributed by atoms with Gasteiger partial charge in [0.2, 0.25) is 0 Å². The summed E-state index contributed by atoms with van der Waals surface area (Å²) in [5.74, 6) is 2.64. The SMILES string of the molecule is CC1CCn2c(cnc2C2CCCOC2)C1. The number of aromatic nitrogens is 2. The molecule has 0 radical (unpaired) electrons. The summed E-state index contributed by atoms with van der Waals surface area (Å²) in [6, 6.07) is 0. The van der Waals surface area contributed by atoms with Crippen molar-refractivity contribution in [2.24, 2.45) is 5.92 Å². The molecular weight excluding hydrogens is 200 g/mol. The van der Waals surface area contributed by atoms with E-state index in [0.29, 0.717) is 5.92 Å². The van der Waals surface area contributed by atoms with Gasteiger partial charge in [-0.25, -0.2) is 4.98 Å². The van der Waals surface area contributed by atoms with E-state index < -0.39 is 0 Å². The predicted octanol–water partition coefficient (Wildman–Crippen LogP) is 2.36. The Hall–Kier alpha value is -0.830. The molecule has 2 atom stereocenters. The van der Waals surface area contributed by atoms with Gasteiger partial charge >= 0.3 is 0 Å². The van der Waals surface area contributed by atoms with Crippen LogP contribution in [0.25, 0.3) is 0 Å². The van der Waals surface area contributed by atoms with Crippen molar-refractivity contribution in [1.29, 1.82) is 0 Å². The summed E-state index contributed by atoms with van der Waals surface area (Å²) in [6.45, 7) is 5.29. The second-order valence-corrected chi connectivity index (χ2v) is 5.27. The van der Waals surface area contributed by atoms with Crippen LogP contribution >= 0.6 is 0 Å². The average molecular weight is 220 g/mol. The number of fused-ring (bicyclic) bond motifs is 1. The topological polar surface area (TPSA) is 27.1 Å². The molecule has 1 fully saturated rings. The molecule has 3 heterocycles. The van der Waals surface area contributed by atoms with Gasteiger partial charge in [0.05, 0.1) is 6.61 Å². The molecule has 3 heteroatoms. The highest BCUT2D eigenvalue weighted by molar-refractivity contribution is 5.12. The van der Waals surface area contributed by atoms with Crippen molar-refractivity contribution in [2.45, 2.75) is 45.1 Å². The Morgan fingerprint density at radius 1 is 1.44 bits per heavy atom. The smallest absolute Gasteiger partial charge is 0.114 e. The van der Waals surface area contributed by atoms with Crippen molar-refractivity contribution in [1.82, 2.24) is 9.55 Å². The average Bonchev–Trinajstić information content (AvgIpc) is 2.73. The molecule has 0 spiro atoms. The second kappa shape index (κ2) is 4.21. The van der Waals surface area contributed by atoms with Crippen molar-refractivity contribution in [3.05, 3.63) is 17.7 Å². The Morgan fingerprint density at radius 3 is 3.19 bits per heavy atom. The van der Waals surface area contributed by atoms with E-state index in [2.05, 4.69) is 22.7 Å². The van der Waals surface area contributed by atoms with E-state index in [1.54, 1.807) is 0 Å². The molecular formula is C13H20N2O. The largest absolute Gasteiger partial charge is 0.381 e. The van der Waals surface area contributed by atoms with Gasteiger partial charge in [0.25, 0.3) is 0 Å². The molecule has 0 amide bonds. The maximum absolute atomic E-state index is 5.56. The van der Waals surface area contributed by atoms with E-state index in [9.17, 15) is 0 Å². The van der Waals surface area contributed by atoms with Crippen LogP contribution in [0.1, 0.15) is 43.6 Å². The van der Waals surface area contributed by atoms with Gasteiger partial charge < -0.3 is 9.30 Å². The van der Waals surface area contributed by atoms with Gasteiger partial charge in [-0.3, -0.25) is 0 Å². The third-order valence-electron chi connectivity index (χ3n) is 3.90. The number of hydrogen-bond donors (Lipinski definition) is 0. The molecule has 16 heavy (non-hydrogen) atoms. The van der Waals surface area contributed by atoms with Crippen molar-refractivity contribution in [2.75, 3.05) is 13.2 Å². The molecule has 88 valence electrons. The summed E-state index contributed by atoms with van der Waals surface area (Å²) in [5, 5.41) is 0. The van der Waals surface area contributed by atoms with Crippen molar-refractivity contribution < 1.29 is 4.74 Å². The molecule has 0 aliphatic carbocycles. The predicted molar refractivity (Wildman–Crippen MR) is 62.5 cm³/mol. The van der Waals surface area contributed by atoms with E-state index in [0.717, 1.165) is 25.7 Å². The first-order chi connectivity index (χ1) is 7.84. The van der Waals surface area contributed by atoms with E-state index in [-0.39, 0.29) is 0 Å². The van der Waals surface area contributed by atoms with Crippen LogP contribution in [-0.2, 0) is 17.7 Å². The third-order valence-corrected chi connectivity index (χ3v) is 3.90. The summed E-state index contributed by atoms with van der Waals surface area (Å²) in [5.41, 5.74) is 1.43. The number of hydrogen-bond acceptors (Lipinski definition) is 2. The van der Waals surface area contributed by atoms with Gasteiger partial charge in [0, 0.05) is 31.0 Å². The molecule has 2 unspecified atom stereocenters. The maximum atomic E-state index is 5.56. The minimum absolute atomic E-state index is 0.538. The molecule has 1 aromatic heterocycles. The van der Waals surface area contributed by atoms with Crippen LogP contribution in [0.4, 0.5) is 0 Å². The summed E-state index contributed by atoms with van der Waals surface area (Å²) in [7, 11) is 0. The minimum Gasteiger partial charge on any atom is -0.381 e. The summed E-state index contributed by atoms with van der Waals surface area (Å²) in [4.78, 5) is 4.64. The van der Waals surface area contributed by atoms with Crippen molar-refractivity contribution in [3.63, 3.8) is 0 Å². The minimum atomic E-state index is 0.538. The van der Waals surface area contributed by atoms with Gasteiger partial charge in [-0.05, 0) is 31.6 Å². The standard InChI is InChI=1S/C13H20N2O/c1-10-4-5-15-12(7-10)8-14-13(15)11-3-2-6-16-9-11/h8,10-11H,2-7,9H2,1H3. The van der Waals surface area contributed by atoms with Gasteiger partial charge in [-0.15, -0.1) is 0 Å². The monoisotopic (exact) mass is 220 g/mol. The lowest BCUT2D eigenvalue weighted by Gasteiger charge is -2.26. The normalized spacial score (nSPS) is 30.1. The molecule has 1 aromatic rings. The zero-order valence-corrected chi connectivity index (χ0v) is 9.98. The van der Waals surface area contributed by atoms with Gasteiger partial charge in [0.1, 0.15) is 5.82 Å². The van der Waals surface area contributed by atoms with Gasteiger partial charge in [0.15, 0.2) is 0 Å². The van der Waals surface area contributed by atoms with Crippen molar-refractivity contribution >= 4 is 0 Å². The Labute approximate surface area is 96.8 Å². The Bertz CT molecular complexity index is 366. The first-order valence-electron chi connectivity index (χ1n) is 6.46. The van der Waals surface area contributed by atoms with Gasteiger partial charge in [-0.1, -0.05) is 6.92 Å². The Morgan fingerprint density at radius 2 is 2.38 bits per heavy atom. The fourth-order valence-electron chi connectivity index (χ4n) is 2.93. The van der Waals surface area contributed by atoms with Crippen LogP contribution in [0.15, 0.2) is 6.20 Å². The molecule has 0 aromatic carbocycles. The maximum Gasteiger partial charge on any atom is 0.114 e. The van der Waals surface area contributed by atoms with Crippen LogP contribution in [-0.4, -0.2) is 22.8 Å². The third kappa shape index (κ3) is 1.77. The van der Waals surface area contributed by atoms with Crippen LogP contribution < -0.4 is 0 Å². The molecule has 2 aliphatic heterocycles. The highest BCUT2D eigenvalue weighted by Crippen LogP contribution is 2.29. The van der Waals surface area contributed by atoms with Crippen LogP contribution in [0.3, 0.4) is 0 Å². The highest BCUT2D eigenvalue weighted by atomic mass is 16.5. The summed E-state index contributed by atoms with van der Waals surface area (Å²) < 4.78 is 8.01. The van der Waals surface area contributed by atoms with E-state index in [1.807, 2.05) is 0 Å². The fraction of sp³-hybridized carbons (Fsp3) is 0.769. The lowest BCUT2D eigenvalue weighted by atomic mass is 9.97. The number of nitrogens with zero attached hydrogens (tertiary/aromatic N) is 2. The van der Waals surface area contributed by atoms with Crippen LogP contribution in [0.5, 0.6) is 0 Å². The summed E-state index contributed by atoms with van der Waals surface area (Å²) >= 11 is 0. The molecule has 2 aliphatic rings. The Balaban J connectivity index is 1.85. The van der Waals surface area contributed by atoms with Crippen LogP contribution in [0.2, 0.25) is 0 Å². The zero-order chi connectivity index (χ0) is 11.0. The Kier molecular flexibility index (Phi) is 2.72. The van der Waals surface area contributed by atoms with Crippen LogP contribution in [0, 0.1) is 5.92 Å². The van der Waals surface area contributed by atoms with Gasteiger partial charge in [-0.2, -0.15) is 0 Å². The second-order valence-electron chi connectivity index (χ2n) is 5.27. The first-order valence-corrected chi connectivity index (χ1v) is 6.46. The summed E-state index contributed by atoms with van der Waals surface area (Å²) in [6.07, 6.45) is 7.00. The number of imidazole rings is 1. The van der Waals surface area contributed by atoms with E-state index in [4.69, 9.17) is 4.74 Å². The lowest BCUT2D eigenvalue weighted by molar-refractivity contribution is 0.0766. The van der Waals surface area contributed by atoms with E-state index in [1.165, 1.54) is 37.2 Å². The first kappa shape index (κ1) is 10.3. The zero-order valence-electron chi connectivity index (χ0n) is 9.98.